The van der Waals surface area contributed by atoms with Crippen LogP contribution in [0.1, 0.15) is 42.9 Å². The summed E-state index contributed by atoms with van der Waals surface area (Å²) in [6.45, 7) is 8.70. The van der Waals surface area contributed by atoms with Crippen LogP contribution in [0.2, 0.25) is 0 Å². The van der Waals surface area contributed by atoms with E-state index in [-0.39, 0.29) is 51.0 Å². The second kappa shape index (κ2) is 12.2. The Labute approximate surface area is 172 Å². The number of hydrogen-bond acceptors (Lipinski definition) is 0. The third-order valence-corrected chi connectivity index (χ3v) is 3.70. The normalized spacial score (nSPS) is 11.6. The largest absolute Gasteiger partial charge is 2.00 e. The maximum absolute atomic E-state index is 3.26. The fourth-order valence-corrected chi connectivity index (χ4v) is 2.86. The van der Waals surface area contributed by atoms with Crippen LogP contribution >= 0.6 is 24.8 Å². The molecule has 3 rings (SSSR count). The number of aryl methyl sites for hydroxylation is 3. The number of fused-ring (bicyclic) bond motifs is 1. The van der Waals surface area contributed by atoms with Crippen molar-refractivity contribution in [2.24, 2.45) is 0 Å². The third kappa shape index (κ3) is 7.04. The number of benzene rings is 1. The fourth-order valence-electron chi connectivity index (χ4n) is 2.86. The molecular weight excluding hydrogens is 402 g/mol. The molecule has 0 spiro atoms. The minimum Gasteiger partial charge on any atom is -0.269 e. The Balaban J connectivity index is 0. The summed E-state index contributed by atoms with van der Waals surface area (Å²) in [5, 5.41) is 2.81. The van der Waals surface area contributed by atoms with Crippen molar-refractivity contribution in [2.75, 3.05) is 0 Å². The summed E-state index contributed by atoms with van der Waals surface area (Å²) >= 11 is 0. The predicted octanol–water partition coefficient (Wildman–Crippen LogP) is 6.80. The SMILES string of the molecule is CCCC1=[C-]CC=C1.Cc1cc(C)c2c(cc[c-]2C)c1.Cl.Cl.[Zr+2]. The van der Waals surface area contributed by atoms with Crippen molar-refractivity contribution in [3.63, 3.8) is 0 Å². The molecule has 0 atom stereocenters. The van der Waals surface area contributed by atoms with Gasteiger partial charge in [0.25, 0.3) is 0 Å². The first-order valence-corrected chi connectivity index (χ1v) is 7.51. The van der Waals surface area contributed by atoms with E-state index in [1.807, 2.05) is 0 Å². The molecule has 2 aromatic carbocycles. The molecule has 0 nitrogen and oxygen atoms in total. The summed E-state index contributed by atoms with van der Waals surface area (Å²) in [4.78, 5) is 0. The first-order valence-electron chi connectivity index (χ1n) is 7.51. The maximum atomic E-state index is 3.26. The van der Waals surface area contributed by atoms with Crippen LogP contribution in [0, 0.1) is 26.8 Å². The third-order valence-electron chi connectivity index (χ3n) is 3.70. The van der Waals surface area contributed by atoms with E-state index in [9.17, 15) is 0 Å². The Morgan fingerprint density at radius 3 is 2.43 bits per heavy atom. The zero-order valence-corrected chi connectivity index (χ0v) is 18.5. The summed E-state index contributed by atoms with van der Waals surface area (Å²) in [7, 11) is 0. The Kier molecular flexibility index (Phi) is 13.2. The summed E-state index contributed by atoms with van der Waals surface area (Å²) < 4.78 is 0. The summed E-state index contributed by atoms with van der Waals surface area (Å²) in [5.41, 5.74) is 5.54. The van der Waals surface area contributed by atoms with Crippen molar-refractivity contribution in [3.05, 3.63) is 64.8 Å². The smallest absolute Gasteiger partial charge is 0.269 e. The molecule has 0 N–H and O–H groups in total. The van der Waals surface area contributed by atoms with Gasteiger partial charge in [-0.3, -0.25) is 6.08 Å². The van der Waals surface area contributed by atoms with Gasteiger partial charge >= 0.3 is 26.2 Å². The molecule has 0 unspecified atom stereocenters. The monoisotopic (exact) mass is 426 g/mol. The molecular formula is C20H26Cl2Zr. The fraction of sp³-hybridized carbons (Fsp3) is 0.350. The maximum Gasteiger partial charge on any atom is 2.00 e. The number of rotatable bonds is 2. The van der Waals surface area contributed by atoms with E-state index in [0.717, 1.165) is 6.42 Å². The standard InChI is InChI=1S/C12H13.C8H11.2ClH.Zr/c1-8-6-10(3)12-9(2)4-5-11(12)7-8;1-2-5-8-6-3-4-7-8;;;/h4-7H,1-3H3;3,6H,2,4-5H2,1H3;2*1H;/q2*-1;;;+2. The van der Waals surface area contributed by atoms with Gasteiger partial charge in [0.05, 0.1) is 0 Å². The second-order valence-electron chi connectivity index (χ2n) is 5.62. The minimum atomic E-state index is 0. The molecule has 0 saturated carbocycles. The van der Waals surface area contributed by atoms with E-state index < -0.39 is 0 Å². The molecule has 23 heavy (non-hydrogen) atoms. The average Bonchev–Trinajstić information content (AvgIpc) is 3.01. The molecule has 0 aliphatic heterocycles. The van der Waals surface area contributed by atoms with Crippen LogP contribution in [0.3, 0.4) is 0 Å². The van der Waals surface area contributed by atoms with Crippen molar-refractivity contribution >= 4 is 35.6 Å². The summed E-state index contributed by atoms with van der Waals surface area (Å²) in [6.07, 6.45) is 11.1. The van der Waals surface area contributed by atoms with Gasteiger partial charge in [-0.2, -0.15) is 18.2 Å². The Morgan fingerprint density at radius 2 is 1.87 bits per heavy atom. The first-order chi connectivity index (χ1) is 9.61. The van der Waals surface area contributed by atoms with E-state index >= 15 is 0 Å². The number of halogens is 2. The Morgan fingerprint density at radius 1 is 1.17 bits per heavy atom. The van der Waals surface area contributed by atoms with Gasteiger partial charge < -0.3 is 0 Å². The van der Waals surface area contributed by atoms with Gasteiger partial charge in [0, 0.05) is 0 Å². The molecule has 0 saturated heterocycles. The number of allylic oxidation sites excluding steroid dienone is 4. The first kappa shape index (κ1) is 25.0. The van der Waals surface area contributed by atoms with Crippen molar-refractivity contribution in [1.82, 2.24) is 0 Å². The molecule has 0 heterocycles. The van der Waals surface area contributed by atoms with Crippen molar-refractivity contribution in [1.29, 1.82) is 0 Å². The molecule has 124 valence electrons. The average molecular weight is 429 g/mol. The predicted molar refractivity (Wildman–Crippen MR) is 104 cm³/mol. The van der Waals surface area contributed by atoms with E-state index in [2.05, 4.69) is 70.2 Å². The molecule has 0 radical (unpaired) electrons. The van der Waals surface area contributed by atoms with Crippen LogP contribution in [0.25, 0.3) is 10.8 Å². The van der Waals surface area contributed by atoms with Crippen LogP contribution in [0.5, 0.6) is 0 Å². The van der Waals surface area contributed by atoms with Gasteiger partial charge in [-0.1, -0.05) is 45.2 Å². The van der Waals surface area contributed by atoms with E-state index in [0.29, 0.717) is 0 Å². The van der Waals surface area contributed by atoms with Gasteiger partial charge in [-0.25, -0.2) is 11.6 Å². The topological polar surface area (TPSA) is 0 Å². The van der Waals surface area contributed by atoms with E-state index in [1.165, 1.54) is 45.9 Å². The number of hydrogen-bond donors (Lipinski definition) is 0. The van der Waals surface area contributed by atoms with Crippen LogP contribution in [-0.4, -0.2) is 0 Å². The summed E-state index contributed by atoms with van der Waals surface area (Å²) in [6, 6.07) is 8.88. The molecule has 3 heteroatoms. The van der Waals surface area contributed by atoms with Crippen LogP contribution < -0.4 is 0 Å². The molecule has 1 aliphatic carbocycles. The zero-order chi connectivity index (χ0) is 14.5. The van der Waals surface area contributed by atoms with Gasteiger partial charge in [0.1, 0.15) is 0 Å². The van der Waals surface area contributed by atoms with Gasteiger partial charge in [0.2, 0.25) is 0 Å². The van der Waals surface area contributed by atoms with E-state index in [4.69, 9.17) is 0 Å². The van der Waals surface area contributed by atoms with Gasteiger partial charge in [0.15, 0.2) is 0 Å². The Hall–Kier alpha value is -0.227. The zero-order valence-electron chi connectivity index (χ0n) is 14.4. The van der Waals surface area contributed by atoms with Crippen molar-refractivity contribution in [3.8, 4) is 0 Å². The van der Waals surface area contributed by atoms with Crippen LogP contribution in [-0.2, 0) is 26.2 Å². The molecule has 0 fully saturated rings. The Bertz CT molecular complexity index is 651. The van der Waals surface area contributed by atoms with Gasteiger partial charge in [-0.05, 0) is 6.92 Å². The molecule has 0 aromatic heterocycles. The van der Waals surface area contributed by atoms with Gasteiger partial charge in [-0.15, -0.1) is 59.2 Å². The van der Waals surface area contributed by atoms with E-state index in [1.54, 1.807) is 0 Å². The molecule has 0 bridgehead atoms. The van der Waals surface area contributed by atoms with Crippen molar-refractivity contribution < 1.29 is 26.2 Å². The van der Waals surface area contributed by atoms with Crippen LogP contribution in [0.4, 0.5) is 0 Å². The molecule has 0 amide bonds. The quantitative estimate of drug-likeness (QED) is 0.462. The second-order valence-corrected chi connectivity index (χ2v) is 5.62. The summed E-state index contributed by atoms with van der Waals surface area (Å²) in [5.74, 6) is 0. The van der Waals surface area contributed by atoms with Crippen molar-refractivity contribution in [2.45, 2.75) is 47.0 Å². The minimum absolute atomic E-state index is 0. The van der Waals surface area contributed by atoms with Crippen LogP contribution in [0.15, 0.2) is 42.0 Å². The molecule has 2 aromatic rings. The molecule has 1 aliphatic rings.